The maximum absolute atomic E-state index is 8.66. The summed E-state index contributed by atoms with van der Waals surface area (Å²) in [4.78, 5) is 0. The van der Waals surface area contributed by atoms with Crippen molar-refractivity contribution in [1.82, 2.24) is 0 Å². The first kappa shape index (κ1) is 9.50. The van der Waals surface area contributed by atoms with Crippen LogP contribution in [0.1, 0.15) is 5.56 Å². The quantitative estimate of drug-likeness (QED) is 0.811. The highest BCUT2D eigenvalue weighted by Gasteiger charge is 2.20. The first-order valence-corrected chi connectivity index (χ1v) is 5.03. The van der Waals surface area contributed by atoms with E-state index in [1.807, 2.05) is 0 Å². The maximum Gasteiger partial charge on any atom is 0.145 e. The number of hydrogen-bond donors (Lipinski definition) is 0. The Morgan fingerprint density at radius 3 is 2.79 bits per heavy atom. The normalized spacial score (nSPS) is 15.7. The van der Waals surface area contributed by atoms with Crippen molar-refractivity contribution in [2.45, 2.75) is 6.10 Å². The van der Waals surface area contributed by atoms with Crippen LogP contribution in [-0.2, 0) is 4.74 Å². The van der Waals surface area contributed by atoms with Crippen molar-refractivity contribution in [2.75, 3.05) is 13.2 Å². The van der Waals surface area contributed by atoms with E-state index in [1.165, 1.54) is 0 Å². The number of hydrogen-bond acceptors (Lipinski definition) is 3. The van der Waals surface area contributed by atoms with Crippen LogP contribution in [0.15, 0.2) is 22.7 Å². The van der Waals surface area contributed by atoms with Gasteiger partial charge in [-0.2, -0.15) is 5.26 Å². The third kappa shape index (κ3) is 1.89. The first-order valence-electron chi connectivity index (χ1n) is 4.23. The molecule has 0 radical (unpaired) electrons. The fraction of sp³-hybridized carbons (Fsp3) is 0.300. The SMILES string of the molecule is N#Cc1ccc(OC2COC2)c(Br)c1. The highest BCUT2D eigenvalue weighted by atomic mass is 79.9. The molecule has 1 saturated heterocycles. The minimum absolute atomic E-state index is 0.152. The molecule has 0 amide bonds. The predicted octanol–water partition coefficient (Wildman–Crippen LogP) is 2.10. The molecular formula is C10H8BrNO2. The van der Waals surface area contributed by atoms with Gasteiger partial charge in [0.15, 0.2) is 0 Å². The molecule has 0 bridgehead atoms. The van der Waals surface area contributed by atoms with Gasteiger partial charge in [-0.3, -0.25) is 0 Å². The average molecular weight is 254 g/mol. The van der Waals surface area contributed by atoms with Gasteiger partial charge in [-0.05, 0) is 34.1 Å². The van der Waals surface area contributed by atoms with Gasteiger partial charge in [-0.15, -0.1) is 0 Å². The number of rotatable bonds is 2. The molecule has 1 heterocycles. The second kappa shape index (κ2) is 3.99. The summed E-state index contributed by atoms with van der Waals surface area (Å²) in [7, 11) is 0. The number of ether oxygens (including phenoxy) is 2. The lowest BCUT2D eigenvalue weighted by atomic mass is 10.2. The Kier molecular flexibility index (Phi) is 2.71. The van der Waals surface area contributed by atoms with Crippen LogP contribution < -0.4 is 4.74 Å². The van der Waals surface area contributed by atoms with Crippen molar-refractivity contribution in [2.24, 2.45) is 0 Å². The van der Waals surface area contributed by atoms with E-state index in [0.29, 0.717) is 18.8 Å². The van der Waals surface area contributed by atoms with Gasteiger partial charge in [0.25, 0.3) is 0 Å². The van der Waals surface area contributed by atoms with E-state index < -0.39 is 0 Å². The van der Waals surface area contributed by atoms with Gasteiger partial charge >= 0.3 is 0 Å². The van der Waals surface area contributed by atoms with Crippen molar-refractivity contribution in [3.05, 3.63) is 28.2 Å². The summed E-state index contributed by atoms with van der Waals surface area (Å²) in [5.41, 5.74) is 0.620. The van der Waals surface area contributed by atoms with Gasteiger partial charge in [0.05, 0.1) is 29.3 Å². The molecule has 2 rings (SSSR count). The largest absolute Gasteiger partial charge is 0.484 e. The molecule has 0 saturated carbocycles. The lowest BCUT2D eigenvalue weighted by Crippen LogP contribution is -2.38. The maximum atomic E-state index is 8.66. The zero-order valence-electron chi connectivity index (χ0n) is 7.37. The van der Waals surface area contributed by atoms with Crippen molar-refractivity contribution in [3.8, 4) is 11.8 Å². The van der Waals surface area contributed by atoms with E-state index in [1.54, 1.807) is 18.2 Å². The zero-order chi connectivity index (χ0) is 9.97. The lowest BCUT2D eigenvalue weighted by molar-refractivity contribution is -0.0799. The van der Waals surface area contributed by atoms with Crippen LogP contribution in [0.25, 0.3) is 0 Å². The molecule has 4 heteroatoms. The fourth-order valence-electron chi connectivity index (χ4n) is 1.13. The Morgan fingerprint density at radius 1 is 1.50 bits per heavy atom. The first-order chi connectivity index (χ1) is 6.79. The van der Waals surface area contributed by atoms with Crippen molar-refractivity contribution in [1.29, 1.82) is 5.26 Å². The molecule has 0 atom stereocenters. The molecule has 0 aromatic heterocycles. The molecule has 14 heavy (non-hydrogen) atoms. The van der Waals surface area contributed by atoms with Crippen LogP contribution in [-0.4, -0.2) is 19.3 Å². The van der Waals surface area contributed by atoms with E-state index in [2.05, 4.69) is 22.0 Å². The summed E-state index contributed by atoms with van der Waals surface area (Å²) < 4.78 is 11.4. The molecular weight excluding hydrogens is 246 g/mol. The molecule has 1 aliphatic heterocycles. The van der Waals surface area contributed by atoms with Crippen LogP contribution in [0.5, 0.6) is 5.75 Å². The second-order valence-electron chi connectivity index (χ2n) is 3.03. The summed E-state index contributed by atoms with van der Waals surface area (Å²) in [6.45, 7) is 1.29. The van der Waals surface area contributed by atoms with Gasteiger partial charge in [0.1, 0.15) is 11.9 Å². The highest BCUT2D eigenvalue weighted by molar-refractivity contribution is 9.10. The molecule has 0 unspecified atom stereocenters. The van der Waals surface area contributed by atoms with Crippen LogP contribution in [0, 0.1) is 11.3 Å². The average Bonchev–Trinajstić information content (AvgIpc) is 2.13. The van der Waals surface area contributed by atoms with E-state index in [-0.39, 0.29) is 6.10 Å². The van der Waals surface area contributed by atoms with Gasteiger partial charge in [-0.25, -0.2) is 0 Å². The number of benzene rings is 1. The smallest absolute Gasteiger partial charge is 0.145 e. The second-order valence-corrected chi connectivity index (χ2v) is 3.89. The molecule has 0 aliphatic carbocycles. The van der Waals surface area contributed by atoms with Gasteiger partial charge in [0, 0.05) is 0 Å². The van der Waals surface area contributed by atoms with Crippen LogP contribution >= 0.6 is 15.9 Å². The molecule has 1 aromatic carbocycles. The Bertz CT molecular complexity index is 382. The minimum Gasteiger partial charge on any atom is -0.484 e. The summed E-state index contributed by atoms with van der Waals surface area (Å²) in [6, 6.07) is 7.34. The molecule has 0 N–H and O–H groups in total. The number of halogens is 1. The Morgan fingerprint density at radius 2 is 2.29 bits per heavy atom. The van der Waals surface area contributed by atoms with E-state index in [4.69, 9.17) is 14.7 Å². The van der Waals surface area contributed by atoms with Crippen LogP contribution in [0.2, 0.25) is 0 Å². The summed E-state index contributed by atoms with van der Waals surface area (Å²) in [5, 5.41) is 8.66. The van der Waals surface area contributed by atoms with Crippen molar-refractivity contribution in [3.63, 3.8) is 0 Å². The van der Waals surface area contributed by atoms with E-state index >= 15 is 0 Å². The topological polar surface area (TPSA) is 42.2 Å². The van der Waals surface area contributed by atoms with Gasteiger partial charge in [0.2, 0.25) is 0 Å². The summed E-state index contributed by atoms with van der Waals surface area (Å²) in [5.74, 6) is 0.761. The summed E-state index contributed by atoms with van der Waals surface area (Å²) >= 11 is 3.35. The van der Waals surface area contributed by atoms with E-state index in [0.717, 1.165) is 10.2 Å². The monoisotopic (exact) mass is 253 g/mol. The van der Waals surface area contributed by atoms with Crippen LogP contribution in [0.3, 0.4) is 0 Å². The van der Waals surface area contributed by atoms with Crippen LogP contribution in [0.4, 0.5) is 0 Å². The fourth-order valence-corrected chi connectivity index (χ4v) is 1.60. The standard InChI is InChI=1S/C10H8BrNO2/c11-9-3-7(4-12)1-2-10(9)14-8-5-13-6-8/h1-3,8H,5-6H2. The molecule has 3 nitrogen and oxygen atoms in total. The molecule has 1 fully saturated rings. The van der Waals surface area contributed by atoms with Gasteiger partial charge in [-0.1, -0.05) is 0 Å². The molecule has 1 aromatic rings. The number of nitrogens with zero attached hydrogens (tertiary/aromatic N) is 1. The number of nitriles is 1. The highest BCUT2D eigenvalue weighted by Crippen LogP contribution is 2.27. The third-order valence-corrected chi connectivity index (χ3v) is 2.58. The molecule has 1 aliphatic rings. The van der Waals surface area contributed by atoms with Crippen molar-refractivity contribution >= 4 is 15.9 Å². The molecule has 72 valence electrons. The third-order valence-electron chi connectivity index (χ3n) is 1.96. The Labute approximate surface area is 90.4 Å². The van der Waals surface area contributed by atoms with Gasteiger partial charge < -0.3 is 9.47 Å². The predicted molar refractivity (Wildman–Crippen MR) is 54.1 cm³/mol. The molecule has 0 spiro atoms. The minimum atomic E-state index is 0.152. The lowest BCUT2D eigenvalue weighted by Gasteiger charge is -2.27. The zero-order valence-corrected chi connectivity index (χ0v) is 8.95. The van der Waals surface area contributed by atoms with E-state index in [9.17, 15) is 0 Å². The van der Waals surface area contributed by atoms with Crippen molar-refractivity contribution < 1.29 is 9.47 Å². The Hall–Kier alpha value is -1.05. The summed E-state index contributed by atoms with van der Waals surface area (Å²) in [6.07, 6.45) is 0.152. The Balaban J connectivity index is 2.14.